The maximum absolute atomic E-state index is 11.9. The lowest BCUT2D eigenvalue weighted by Crippen LogP contribution is -2.24. The SMILES string of the molecule is Nc1ncc2sc(=O)n([C@@H]3CS[C@@H](C(=O)O)O3)c2n1. The normalized spacial score (nSPS) is 22.9. The Labute approximate surface area is 114 Å². The second-order valence-electron chi connectivity index (χ2n) is 3.75. The standard InChI is InChI=1S/C9H8N4O4S2/c10-8-11-1-3-5(12-8)13(9(16)19-3)4-2-18-7(17-4)6(14)15/h1,4,7H,2H2,(H,14,15)(H2,10,11,12)/t4-,7-/m0/s1. The van der Waals surface area contributed by atoms with E-state index in [-0.39, 0.29) is 10.8 Å². The van der Waals surface area contributed by atoms with Gasteiger partial charge in [0.2, 0.25) is 11.4 Å². The lowest BCUT2D eigenvalue weighted by molar-refractivity contribution is -0.147. The number of aromatic nitrogens is 3. The van der Waals surface area contributed by atoms with Crippen molar-refractivity contribution >= 4 is 45.4 Å². The van der Waals surface area contributed by atoms with E-state index in [0.717, 1.165) is 23.1 Å². The minimum Gasteiger partial charge on any atom is -0.479 e. The van der Waals surface area contributed by atoms with Crippen LogP contribution in [0.2, 0.25) is 0 Å². The van der Waals surface area contributed by atoms with Crippen molar-refractivity contribution < 1.29 is 14.6 Å². The molecule has 0 aromatic carbocycles. The second kappa shape index (κ2) is 4.47. The van der Waals surface area contributed by atoms with Crippen LogP contribution in [0.5, 0.6) is 0 Å². The van der Waals surface area contributed by atoms with Crippen molar-refractivity contribution in [3.05, 3.63) is 15.9 Å². The topological polar surface area (TPSA) is 120 Å². The number of thiazole rings is 1. The second-order valence-corrected chi connectivity index (χ2v) is 5.84. The van der Waals surface area contributed by atoms with Crippen molar-refractivity contribution in [2.24, 2.45) is 0 Å². The number of carboxylic acids is 1. The smallest absolute Gasteiger partial charge is 0.343 e. The molecule has 1 aliphatic heterocycles. The van der Waals surface area contributed by atoms with Crippen LogP contribution >= 0.6 is 23.1 Å². The van der Waals surface area contributed by atoms with Crippen LogP contribution in [-0.4, -0.2) is 36.8 Å². The summed E-state index contributed by atoms with van der Waals surface area (Å²) in [7, 11) is 0. The van der Waals surface area contributed by atoms with Crippen LogP contribution in [0.1, 0.15) is 6.23 Å². The molecule has 0 saturated carbocycles. The summed E-state index contributed by atoms with van der Waals surface area (Å²) in [5.74, 6) is -0.638. The van der Waals surface area contributed by atoms with Gasteiger partial charge in [0.05, 0.1) is 10.9 Å². The predicted molar refractivity (Wildman–Crippen MR) is 70.1 cm³/mol. The number of thioether (sulfide) groups is 1. The number of carboxylic acid groups (broad SMARTS) is 1. The summed E-state index contributed by atoms with van der Waals surface area (Å²) in [6.07, 6.45) is 0.818. The van der Waals surface area contributed by atoms with Crippen LogP contribution < -0.4 is 10.6 Å². The summed E-state index contributed by atoms with van der Waals surface area (Å²) in [5, 5.41) is 8.88. The van der Waals surface area contributed by atoms with E-state index in [0.29, 0.717) is 16.1 Å². The summed E-state index contributed by atoms with van der Waals surface area (Å²) in [5.41, 5.74) is 4.91. The largest absolute Gasteiger partial charge is 0.479 e. The van der Waals surface area contributed by atoms with Crippen LogP contribution in [-0.2, 0) is 9.53 Å². The Morgan fingerprint density at radius 2 is 2.42 bits per heavy atom. The van der Waals surface area contributed by atoms with Crippen molar-refractivity contribution in [3.63, 3.8) is 0 Å². The van der Waals surface area contributed by atoms with E-state index in [1.807, 2.05) is 0 Å². The fourth-order valence-electron chi connectivity index (χ4n) is 1.76. The first kappa shape index (κ1) is 12.4. The molecule has 2 aromatic rings. The van der Waals surface area contributed by atoms with Crippen LogP contribution in [0.3, 0.4) is 0 Å². The highest BCUT2D eigenvalue weighted by Gasteiger charge is 2.34. The van der Waals surface area contributed by atoms with Gasteiger partial charge < -0.3 is 15.6 Å². The molecular weight excluding hydrogens is 292 g/mol. The maximum Gasteiger partial charge on any atom is 0.343 e. The first-order valence-electron chi connectivity index (χ1n) is 5.19. The number of hydrogen-bond donors (Lipinski definition) is 2. The summed E-state index contributed by atoms with van der Waals surface area (Å²) < 4.78 is 7.24. The molecule has 0 spiro atoms. The Hall–Kier alpha value is -1.65. The number of ether oxygens (including phenoxy) is 1. The number of fused-ring (bicyclic) bond motifs is 1. The Morgan fingerprint density at radius 1 is 1.63 bits per heavy atom. The number of anilines is 1. The zero-order valence-electron chi connectivity index (χ0n) is 9.35. The van der Waals surface area contributed by atoms with Crippen molar-refractivity contribution in [3.8, 4) is 0 Å². The van der Waals surface area contributed by atoms with Crippen molar-refractivity contribution in [1.82, 2.24) is 14.5 Å². The molecule has 3 N–H and O–H groups in total. The predicted octanol–water partition coefficient (Wildman–Crippen LogP) is 0.108. The third-order valence-electron chi connectivity index (χ3n) is 2.54. The van der Waals surface area contributed by atoms with Gasteiger partial charge in [0.1, 0.15) is 0 Å². The van der Waals surface area contributed by atoms with Crippen LogP contribution in [0.15, 0.2) is 11.0 Å². The quantitative estimate of drug-likeness (QED) is 0.801. The summed E-state index contributed by atoms with van der Waals surface area (Å²) in [6, 6.07) is 0. The third kappa shape index (κ3) is 2.07. The molecule has 3 heterocycles. The van der Waals surface area contributed by atoms with Gasteiger partial charge >= 0.3 is 10.8 Å². The number of nitrogens with zero attached hydrogens (tertiary/aromatic N) is 3. The average Bonchev–Trinajstić information content (AvgIpc) is 2.92. The molecule has 1 saturated heterocycles. The van der Waals surface area contributed by atoms with E-state index < -0.39 is 17.6 Å². The average molecular weight is 300 g/mol. The molecule has 0 unspecified atom stereocenters. The molecule has 0 amide bonds. The number of nitrogen functional groups attached to an aromatic ring is 1. The van der Waals surface area contributed by atoms with E-state index in [4.69, 9.17) is 15.6 Å². The van der Waals surface area contributed by atoms with E-state index in [2.05, 4.69) is 9.97 Å². The molecule has 0 bridgehead atoms. The first-order valence-corrected chi connectivity index (χ1v) is 7.06. The Kier molecular flexibility index (Phi) is 2.92. The van der Waals surface area contributed by atoms with Gasteiger partial charge in [-0.2, -0.15) is 4.98 Å². The Morgan fingerprint density at radius 3 is 3.11 bits per heavy atom. The van der Waals surface area contributed by atoms with Gasteiger partial charge in [-0.05, 0) is 0 Å². The highest BCUT2D eigenvalue weighted by molar-refractivity contribution is 8.00. The Bertz CT molecular complexity index is 712. The van der Waals surface area contributed by atoms with E-state index in [9.17, 15) is 9.59 Å². The zero-order chi connectivity index (χ0) is 13.6. The van der Waals surface area contributed by atoms with E-state index in [1.165, 1.54) is 10.8 Å². The van der Waals surface area contributed by atoms with Gasteiger partial charge in [-0.25, -0.2) is 9.78 Å². The number of nitrogens with two attached hydrogens (primary N) is 1. The van der Waals surface area contributed by atoms with Gasteiger partial charge in [-0.15, -0.1) is 11.8 Å². The highest BCUT2D eigenvalue weighted by atomic mass is 32.2. The van der Waals surface area contributed by atoms with Crippen molar-refractivity contribution in [2.45, 2.75) is 11.7 Å². The molecule has 19 heavy (non-hydrogen) atoms. The zero-order valence-corrected chi connectivity index (χ0v) is 11.0. The molecule has 1 aliphatic rings. The molecule has 100 valence electrons. The number of hydrogen-bond acceptors (Lipinski definition) is 8. The molecule has 10 heteroatoms. The fraction of sp³-hybridized carbons (Fsp3) is 0.333. The van der Waals surface area contributed by atoms with Gasteiger partial charge in [0, 0.05) is 5.75 Å². The molecule has 0 aliphatic carbocycles. The molecular formula is C9H8N4O4S2. The third-order valence-corrected chi connectivity index (χ3v) is 4.51. The van der Waals surface area contributed by atoms with Crippen LogP contribution in [0.4, 0.5) is 5.95 Å². The monoisotopic (exact) mass is 300 g/mol. The van der Waals surface area contributed by atoms with Crippen LogP contribution in [0.25, 0.3) is 10.3 Å². The minimum atomic E-state index is -1.06. The molecule has 0 radical (unpaired) electrons. The number of aliphatic carboxylic acids is 1. The molecule has 2 aromatic heterocycles. The summed E-state index contributed by atoms with van der Waals surface area (Å²) >= 11 is 2.10. The van der Waals surface area contributed by atoms with Crippen LogP contribution in [0, 0.1) is 0 Å². The first-order chi connectivity index (χ1) is 9.06. The maximum atomic E-state index is 11.9. The lowest BCUT2D eigenvalue weighted by atomic mass is 10.5. The Balaban J connectivity index is 2.06. The minimum absolute atomic E-state index is 0.0551. The van der Waals surface area contributed by atoms with Crippen molar-refractivity contribution in [2.75, 3.05) is 11.5 Å². The summed E-state index contributed by atoms with van der Waals surface area (Å²) in [4.78, 5) is 30.4. The van der Waals surface area contributed by atoms with Gasteiger partial charge in [0.25, 0.3) is 0 Å². The van der Waals surface area contributed by atoms with Crippen molar-refractivity contribution in [1.29, 1.82) is 0 Å². The lowest BCUT2D eigenvalue weighted by Gasteiger charge is -2.11. The fourth-order valence-corrected chi connectivity index (χ4v) is 3.51. The molecule has 3 rings (SSSR count). The molecule has 1 fully saturated rings. The molecule has 8 nitrogen and oxygen atoms in total. The van der Waals surface area contributed by atoms with Gasteiger partial charge in [0.15, 0.2) is 11.9 Å². The van der Waals surface area contributed by atoms with Gasteiger partial charge in [-0.1, -0.05) is 11.3 Å². The van der Waals surface area contributed by atoms with E-state index >= 15 is 0 Å². The number of rotatable bonds is 2. The molecule has 2 atom stereocenters. The highest BCUT2D eigenvalue weighted by Crippen LogP contribution is 2.33. The number of carbonyl (C=O) groups is 1. The van der Waals surface area contributed by atoms with E-state index in [1.54, 1.807) is 0 Å². The summed E-state index contributed by atoms with van der Waals surface area (Å²) in [6.45, 7) is 0. The van der Waals surface area contributed by atoms with Gasteiger partial charge in [-0.3, -0.25) is 9.36 Å².